The van der Waals surface area contributed by atoms with Crippen molar-refractivity contribution in [2.24, 2.45) is 5.73 Å². The van der Waals surface area contributed by atoms with Gasteiger partial charge in [-0.05, 0) is 36.6 Å². The lowest BCUT2D eigenvalue weighted by atomic mass is 10.2. The summed E-state index contributed by atoms with van der Waals surface area (Å²) >= 11 is 1.63. The summed E-state index contributed by atoms with van der Waals surface area (Å²) in [6, 6.07) is 4.20. The third kappa shape index (κ3) is 5.52. The maximum absolute atomic E-state index is 14.6. The van der Waals surface area contributed by atoms with Crippen molar-refractivity contribution in [2.45, 2.75) is 18.6 Å². The Bertz CT molecular complexity index is 732. The summed E-state index contributed by atoms with van der Waals surface area (Å²) in [5.74, 6) is 0.171. The van der Waals surface area contributed by atoms with Crippen molar-refractivity contribution >= 4 is 35.1 Å². The van der Waals surface area contributed by atoms with Gasteiger partial charge in [0.15, 0.2) is 0 Å². The molecule has 4 N–H and O–H groups in total. The molecule has 2 atom stereocenters. The molecule has 2 amide bonds. The molecule has 1 unspecified atom stereocenters. The van der Waals surface area contributed by atoms with Crippen LogP contribution in [0.2, 0.25) is 0 Å². The summed E-state index contributed by atoms with van der Waals surface area (Å²) in [5, 5.41) is 5.96. The highest BCUT2D eigenvalue weighted by Crippen LogP contribution is 2.28. The molecule has 0 saturated carbocycles. The van der Waals surface area contributed by atoms with Gasteiger partial charge >= 0.3 is 6.09 Å². The molecule has 0 aliphatic carbocycles. The van der Waals surface area contributed by atoms with E-state index in [9.17, 15) is 14.0 Å². The predicted octanol–water partition coefficient (Wildman–Crippen LogP) is 0.757. The number of benzene rings is 1. The van der Waals surface area contributed by atoms with E-state index < -0.39 is 18.2 Å². The molecule has 8 nitrogen and oxygen atoms in total. The van der Waals surface area contributed by atoms with Gasteiger partial charge in [0.1, 0.15) is 11.9 Å². The molecule has 160 valence electrons. The molecule has 1 aromatic carbocycles. The molecule has 29 heavy (non-hydrogen) atoms. The standard InChI is InChI=1S/C19H28FN5O3S/c1-29-9-4-16(21)18(26)23-11-14-12-25(19(27)28-14)13-2-3-17(15(20)10-13)24-7-5-22-6-8-24/h2-3,10,14,16,22H,4-9,11-12,21H2,1H3,(H,23,26)/t14-,16?/m1/s1. The van der Waals surface area contributed by atoms with Gasteiger partial charge in [-0.15, -0.1) is 0 Å². The predicted molar refractivity (Wildman–Crippen MR) is 113 cm³/mol. The zero-order valence-corrected chi connectivity index (χ0v) is 17.3. The average Bonchev–Trinajstić information content (AvgIpc) is 3.11. The van der Waals surface area contributed by atoms with E-state index in [0.717, 1.165) is 31.9 Å². The molecule has 3 rings (SSSR count). The molecule has 0 radical (unpaired) electrons. The van der Waals surface area contributed by atoms with Crippen LogP contribution in [0.25, 0.3) is 0 Å². The van der Waals surface area contributed by atoms with Crippen LogP contribution in [0.1, 0.15) is 6.42 Å². The number of piperazine rings is 1. The molecular weight excluding hydrogens is 397 g/mol. The van der Waals surface area contributed by atoms with Crippen molar-refractivity contribution < 1.29 is 18.7 Å². The fourth-order valence-electron chi connectivity index (χ4n) is 3.39. The highest BCUT2D eigenvalue weighted by Gasteiger charge is 2.33. The van der Waals surface area contributed by atoms with Crippen molar-refractivity contribution in [1.29, 1.82) is 0 Å². The SMILES string of the molecule is CSCCC(N)C(=O)NC[C@@H]1CN(c2ccc(N3CCNCC3)c(F)c2)C(=O)O1. The number of thioether (sulfide) groups is 1. The van der Waals surface area contributed by atoms with E-state index in [-0.39, 0.29) is 24.8 Å². The number of rotatable bonds is 8. The monoisotopic (exact) mass is 425 g/mol. The van der Waals surface area contributed by atoms with Crippen molar-refractivity contribution in [3.63, 3.8) is 0 Å². The topological polar surface area (TPSA) is 99.9 Å². The fraction of sp³-hybridized carbons (Fsp3) is 0.579. The van der Waals surface area contributed by atoms with Crippen LogP contribution in [0, 0.1) is 5.82 Å². The normalized spacial score (nSPS) is 20.5. The van der Waals surface area contributed by atoms with Gasteiger partial charge in [-0.25, -0.2) is 9.18 Å². The van der Waals surface area contributed by atoms with E-state index in [0.29, 0.717) is 17.8 Å². The minimum Gasteiger partial charge on any atom is -0.442 e. The van der Waals surface area contributed by atoms with Gasteiger partial charge in [-0.3, -0.25) is 9.69 Å². The number of ether oxygens (including phenoxy) is 1. The summed E-state index contributed by atoms with van der Waals surface area (Å²) in [5.41, 5.74) is 6.81. The van der Waals surface area contributed by atoms with Crippen LogP contribution in [-0.2, 0) is 9.53 Å². The highest BCUT2D eigenvalue weighted by atomic mass is 32.2. The summed E-state index contributed by atoms with van der Waals surface area (Å²) in [6.45, 7) is 3.52. The van der Waals surface area contributed by atoms with Gasteiger partial charge < -0.3 is 26.0 Å². The molecule has 0 aromatic heterocycles. The van der Waals surface area contributed by atoms with Gasteiger partial charge in [0.05, 0.1) is 30.5 Å². The lowest BCUT2D eigenvalue weighted by Crippen LogP contribution is -2.44. The van der Waals surface area contributed by atoms with Gasteiger partial charge in [0, 0.05) is 26.2 Å². The smallest absolute Gasteiger partial charge is 0.414 e. The number of anilines is 2. The zero-order chi connectivity index (χ0) is 20.8. The highest BCUT2D eigenvalue weighted by molar-refractivity contribution is 7.98. The fourth-order valence-corrected chi connectivity index (χ4v) is 3.88. The first-order valence-corrected chi connectivity index (χ1v) is 11.1. The molecule has 0 spiro atoms. The average molecular weight is 426 g/mol. The van der Waals surface area contributed by atoms with Gasteiger partial charge in [0.25, 0.3) is 0 Å². The number of nitrogens with two attached hydrogens (primary N) is 1. The van der Waals surface area contributed by atoms with E-state index in [4.69, 9.17) is 10.5 Å². The van der Waals surface area contributed by atoms with E-state index >= 15 is 0 Å². The molecule has 2 aliphatic rings. The summed E-state index contributed by atoms with van der Waals surface area (Å²) in [7, 11) is 0. The van der Waals surface area contributed by atoms with E-state index in [1.807, 2.05) is 11.2 Å². The largest absolute Gasteiger partial charge is 0.442 e. The van der Waals surface area contributed by atoms with Crippen LogP contribution in [0.15, 0.2) is 18.2 Å². The summed E-state index contributed by atoms with van der Waals surface area (Å²) in [6.07, 6.45) is 1.49. The second-order valence-electron chi connectivity index (χ2n) is 7.12. The first-order valence-electron chi connectivity index (χ1n) is 9.75. The second kappa shape index (κ2) is 10.1. The second-order valence-corrected chi connectivity index (χ2v) is 8.11. The minimum atomic E-state index is -0.581. The van der Waals surface area contributed by atoms with Crippen molar-refractivity contribution in [3.05, 3.63) is 24.0 Å². The van der Waals surface area contributed by atoms with Crippen LogP contribution >= 0.6 is 11.8 Å². The Hall–Kier alpha value is -2.04. The van der Waals surface area contributed by atoms with Crippen LogP contribution < -0.4 is 26.2 Å². The summed E-state index contributed by atoms with van der Waals surface area (Å²) < 4.78 is 20.0. The third-order valence-corrected chi connectivity index (χ3v) is 5.69. The molecule has 2 heterocycles. The molecule has 2 fully saturated rings. The van der Waals surface area contributed by atoms with Crippen molar-refractivity contribution in [3.8, 4) is 0 Å². The van der Waals surface area contributed by atoms with Crippen LogP contribution in [0.3, 0.4) is 0 Å². The van der Waals surface area contributed by atoms with Gasteiger partial charge in [-0.1, -0.05) is 0 Å². The Morgan fingerprint density at radius 1 is 1.45 bits per heavy atom. The lowest BCUT2D eigenvalue weighted by Gasteiger charge is -2.30. The number of hydrogen-bond acceptors (Lipinski definition) is 7. The van der Waals surface area contributed by atoms with Crippen LogP contribution in [-0.4, -0.2) is 75.4 Å². The Kier molecular flexibility index (Phi) is 7.57. The van der Waals surface area contributed by atoms with E-state index in [1.165, 1.54) is 11.0 Å². The molecule has 2 aliphatic heterocycles. The lowest BCUT2D eigenvalue weighted by molar-refractivity contribution is -0.122. The van der Waals surface area contributed by atoms with Crippen molar-refractivity contribution in [2.75, 3.05) is 61.1 Å². The first-order chi connectivity index (χ1) is 14.0. The number of carbonyl (C=O) groups excluding carboxylic acids is 2. The van der Waals surface area contributed by atoms with Crippen LogP contribution in [0.5, 0.6) is 0 Å². The van der Waals surface area contributed by atoms with E-state index in [2.05, 4.69) is 10.6 Å². The van der Waals surface area contributed by atoms with Crippen LogP contribution in [0.4, 0.5) is 20.6 Å². The first kappa shape index (κ1) is 21.7. The number of amides is 2. The Morgan fingerprint density at radius 2 is 2.21 bits per heavy atom. The minimum absolute atomic E-state index is 0.176. The Balaban J connectivity index is 1.56. The molecule has 0 bridgehead atoms. The number of cyclic esters (lactones) is 1. The number of carbonyl (C=O) groups is 2. The van der Waals surface area contributed by atoms with E-state index in [1.54, 1.807) is 23.9 Å². The molecule has 1 aromatic rings. The Labute approximate surface area is 174 Å². The van der Waals surface area contributed by atoms with Gasteiger partial charge in [-0.2, -0.15) is 11.8 Å². The molecule has 2 saturated heterocycles. The quantitative estimate of drug-likeness (QED) is 0.565. The maximum Gasteiger partial charge on any atom is 0.414 e. The zero-order valence-electron chi connectivity index (χ0n) is 16.5. The number of hydrogen-bond donors (Lipinski definition) is 3. The van der Waals surface area contributed by atoms with Gasteiger partial charge in [0.2, 0.25) is 5.91 Å². The molecular formula is C19H28FN5O3S. The molecule has 10 heteroatoms. The number of nitrogens with one attached hydrogen (secondary N) is 2. The Morgan fingerprint density at radius 3 is 2.90 bits per heavy atom. The summed E-state index contributed by atoms with van der Waals surface area (Å²) in [4.78, 5) is 27.6. The number of halogens is 1. The maximum atomic E-state index is 14.6. The number of nitrogens with zero attached hydrogens (tertiary/aromatic N) is 2. The third-order valence-electron chi connectivity index (χ3n) is 5.05. The van der Waals surface area contributed by atoms with Crippen molar-refractivity contribution in [1.82, 2.24) is 10.6 Å².